The van der Waals surface area contributed by atoms with Crippen molar-refractivity contribution in [2.45, 2.75) is 12.8 Å². The molecule has 0 radical (unpaired) electrons. The number of ether oxygens (including phenoxy) is 1. The Labute approximate surface area is 185 Å². The maximum atomic E-state index is 12.7. The highest BCUT2D eigenvalue weighted by Gasteiger charge is 2.29. The molecule has 0 saturated heterocycles. The van der Waals surface area contributed by atoms with Crippen molar-refractivity contribution < 1.29 is 17.9 Å². The lowest BCUT2D eigenvalue weighted by molar-refractivity contribution is -0.137. The minimum atomic E-state index is -4.34. The van der Waals surface area contributed by atoms with Gasteiger partial charge in [0.2, 0.25) is 0 Å². The van der Waals surface area contributed by atoms with Gasteiger partial charge in [0, 0.05) is 30.4 Å². The van der Waals surface area contributed by atoms with Crippen LogP contribution in [0, 0.1) is 0 Å². The van der Waals surface area contributed by atoms with E-state index in [0.717, 1.165) is 41.2 Å². The quantitative estimate of drug-likeness (QED) is 0.473. The number of para-hydroxylation sites is 2. The summed E-state index contributed by atoms with van der Waals surface area (Å²) in [6.45, 7) is 1.73. The van der Waals surface area contributed by atoms with Crippen LogP contribution in [0.25, 0.3) is 6.08 Å². The minimum Gasteiger partial charge on any atom is -0.488 e. The molecule has 0 unspecified atom stereocenters. The number of hydrogen-bond acceptors (Lipinski definition) is 3. The van der Waals surface area contributed by atoms with Crippen molar-refractivity contribution in [1.82, 2.24) is 0 Å². The summed E-state index contributed by atoms with van der Waals surface area (Å²) in [5.41, 5.74) is 3.99. The van der Waals surface area contributed by atoms with Crippen molar-refractivity contribution in [1.29, 1.82) is 0 Å². The number of likely N-dealkylation sites (N-methyl/N-ethyl adjacent to an activating group) is 1. The lowest BCUT2D eigenvalue weighted by atomic mass is 10.1. The zero-order chi connectivity index (χ0) is 22.6. The molecule has 3 aromatic rings. The number of benzene rings is 3. The summed E-state index contributed by atoms with van der Waals surface area (Å²) in [5, 5.41) is 0. The number of alkyl halides is 3. The molecular weight excluding hydrogens is 413 g/mol. The van der Waals surface area contributed by atoms with Gasteiger partial charge in [-0.3, -0.25) is 4.99 Å². The molecule has 0 fully saturated rings. The van der Waals surface area contributed by atoms with Crippen molar-refractivity contribution in [3.05, 3.63) is 101 Å². The summed E-state index contributed by atoms with van der Waals surface area (Å²) in [6.07, 6.45) is -0.397. The third-order valence-electron chi connectivity index (χ3n) is 5.32. The van der Waals surface area contributed by atoms with Crippen molar-refractivity contribution >= 4 is 17.5 Å². The van der Waals surface area contributed by atoms with Crippen molar-refractivity contribution in [3.8, 4) is 5.75 Å². The summed E-state index contributed by atoms with van der Waals surface area (Å²) in [6, 6.07) is 20.8. The average Bonchev–Trinajstić information content (AvgIpc) is 2.95. The normalized spacial score (nSPS) is 14.1. The SMILES string of the molecule is CN1CCN=C(/C=C/c2ccccc2OCc2ccc(C(F)(F)F)cc2)c2ccccc21. The van der Waals surface area contributed by atoms with E-state index in [0.29, 0.717) is 17.9 Å². The maximum absolute atomic E-state index is 12.7. The van der Waals surface area contributed by atoms with Gasteiger partial charge in [0.15, 0.2) is 0 Å². The van der Waals surface area contributed by atoms with Gasteiger partial charge in [-0.05, 0) is 42.0 Å². The summed E-state index contributed by atoms with van der Waals surface area (Å²) >= 11 is 0. The van der Waals surface area contributed by atoms with E-state index in [1.54, 1.807) is 0 Å². The van der Waals surface area contributed by atoms with Crippen LogP contribution >= 0.6 is 0 Å². The highest BCUT2D eigenvalue weighted by atomic mass is 19.4. The predicted molar refractivity (Wildman–Crippen MR) is 122 cm³/mol. The second kappa shape index (κ2) is 9.30. The fourth-order valence-corrected chi connectivity index (χ4v) is 3.56. The Morgan fingerprint density at radius 1 is 0.938 bits per heavy atom. The number of hydrogen-bond donors (Lipinski definition) is 0. The molecule has 0 N–H and O–H groups in total. The second-order valence-corrected chi connectivity index (χ2v) is 7.56. The lowest BCUT2D eigenvalue weighted by Crippen LogP contribution is -2.20. The van der Waals surface area contributed by atoms with Crippen LogP contribution in [-0.2, 0) is 12.8 Å². The number of rotatable bonds is 5. The van der Waals surface area contributed by atoms with Crippen LogP contribution in [-0.4, -0.2) is 25.8 Å². The van der Waals surface area contributed by atoms with Gasteiger partial charge >= 0.3 is 6.18 Å². The molecule has 0 aromatic heterocycles. The number of fused-ring (bicyclic) bond motifs is 1. The van der Waals surface area contributed by atoms with Crippen LogP contribution in [0.15, 0.2) is 83.9 Å². The smallest absolute Gasteiger partial charge is 0.416 e. The summed E-state index contributed by atoms with van der Waals surface area (Å²) in [5.74, 6) is 0.656. The van der Waals surface area contributed by atoms with Crippen LogP contribution < -0.4 is 9.64 Å². The molecule has 164 valence electrons. The van der Waals surface area contributed by atoms with Gasteiger partial charge in [-0.25, -0.2) is 0 Å². The Morgan fingerprint density at radius 3 is 2.44 bits per heavy atom. The van der Waals surface area contributed by atoms with E-state index in [1.165, 1.54) is 12.1 Å². The van der Waals surface area contributed by atoms with Gasteiger partial charge < -0.3 is 9.64 Å². The number of nitrogens with zero attached hydrogens (tertiary/aromatic N) is 2. The van der Waals surface area contributed by atoms with E-state index in [1.807, 2.05) is 48.6 Å². The van der Waals surface area contributed by atoms with Crippen LogP contribution in [0.1, 0.15) is 22.3 Å². The first-order valence-electron chi connectivity index (χ1n) is 10.3. The third kappa shape index (κ3) is 5.02. The van der Waals surface area contributed by atoms with Crippen LogP contribution in [0.4, 0.5) is 18.9 Å². The molecule has 0 saturated carbocycles. The molecule has 1 aliphatic rings. The summed E-state index contributed by atoms with van der Waals surface area (Å²) in [4.78, 5) is 6.93. The zero-order valence-electron chi connectivity index (χ0n) is 17.6. The van der Waals surface area contributed by atoms with Gasteiger partial charge in [0.25, 0.3) is 0 Å². The predicted octanol–water partition coefficient (Wildman–Crippen LogP) is 6.24. The zero-order valence-corrected chi connectivity index (χ0v) is 17.6. The van der Waals surface area contributed by atoms with Gasteiger partial charge in [-0.2, -0.15) is 13.2 Å². The molecule has 1 aliphatic heterocycles. The Balaban J connectivity index is 1.51. The monoisotopic (exact) mass is 436 g/mol. The Kier molecular flexibility index (Phi) is 6.30. The van der Waals surface area contributed by atoms with Gasteiger partial charge in [0.1, 0.15) is 12.4 Å². The maximum Gasteiger partial charge on any atom is 0.416 e. The Bertz CT molecular complexity index is 1130. The molecule has 1 heterocycles. The second-order valence-electron chi connectivity index (χ2n) is 7.56. The standard InChI is InChI=1S/C26H23F3N2O/c1-31-17-16-30-23(22-7-3-4-8-24(22)31)15-12-20-6-2-5-9-25(20)32-18-19-10-13-21(14-11-19)26(27,28)29/h2-15H,16-18H2,1H3/b15-12+. The molecule has 0 atom stereocenters. The Morgan fingerprint density at radius 2 is 1.66 bits per heavy atom. The van der Waals surface area contributed by atoms with E-state index < -0.39 is 11.7 Å². The molecule has 0 spiro atoms. The van der Waals surface area contributed by atoms with Gasteiger partial charge in [-0.15, -0.1) is 0 Å². The third-order valence-corrected chi connectivity index (χ3v) is 5.32. The molecule has 3 nitrogen and oxygen atoms in total. The molecule has 4 rings (SSSR count). The molecule has 32 heavy (non-hydrogen) atoms. The number of halogens is 3. The molecule has 0 amide bonds. The first-order chi connectivity index (χ1) is 15.4. The minimum absolute atomic E-state index is 0.178. The topological polar surface area (TPSA) is 24.8 Å². The molecule has 6 heteroatoms. The first kappa shape index (κ1) is 21.7. The van der Waals surface area contributed by atoms with Crippen molar-refractivity contribution in [2.75, 3.05) is 25.0 Å². The number of allylic oxidation sites excluding steroid dienone is 1. The van der Waals surface area contributed by atoms with E-state index in [4.69, 9.17) is 9.73 Å². The van der Waals surface area contributed by atoms with Gasteiger partial charge in [-0.1, -0.05) is 48.5 Å². The fourth-order valence-electron chi connectivity index (χ4n) is 3.56. The van der Waals surface area contributed by atoms with Crippen molar-refractivity contribution in [2.24, 2.45) is 4.99 Å². The highest BCUT2D eigenvalue weighted by Crippen LogP contribution is 2.29. The van der Waals surface area contributed by atoms with E-state index in [2.05, 4.69) is 24.1 Å². The van der Waals surface area contributed by atoms with E-state index in [9.17, 15) is 13.2 Å². The molecule has 3 aromatic carbocycles. The Hall–Kier alpha value is -3.54. The average molecular weight is 436 g/mol. The molecule has 0 bridgehead atoms. The van der Waals surface area contributed by atoms with Crippen molar-refractivity contribution in [3.63, 3.8) is 0 Å². The largest absolute Gasteiger partial charge is 0.488 e. The lowest BCUT2D eigenvalue weighted by Gasteiger charge is -2.18. The molecular formula is C26H23F3N2O. The molecule has 0 aliphatic carbocycles. The van der Waals surface area contributed by atoms with Crippen LogP contribution in [0.2, 0.25) is 0 Å². The van der Waals surface area contributed by atoms with E-state index in [-0.39, 0.29) is 6.61 Å². The number of anilines is 1. The summed E-state index contributed by atoms with van der Waals surface area (Å²) in [7, 11) is 2.06. The highest BCUT2D eigenvalue weighted by molar-refractivity contribution is 6.14. The summed E-state index contributed by atoms with van der Waals surface area (Å²) < 4.78 is 44.2. The van der Waals surface area contributed by atoms with Gasteiger partial charge in [0.05, 0.1) is 17.8 Å². The fraction of sp³-hybridized carbons (Fsp3) is 0.192. The van der Waals surface area contributed by atoms with Crippen LogP contribution in [0.3, 0.4) is 0 Å². The number of aliphatic imine (C=N–C) groups is 1. The first-order valence-corrected chi connectivity index (χ1v) is 10.3. The van der Waals surface area contributed by atoms with E-state index >= 15 is 0 Å². The van der Waals surface area contributed by atoms with Crippen LogP contribution in [0.5, 0.6) is 5.75 Å². The number of benzodiazepines with no additional fused rings is 1.